The van der Waals surface area contributed by atoms with E-state index < -0.39 is 20.7 Å². The van der Waals surface area contributed by atoms with Crippen LogP contribution in [0, 0.1) is 12.7 Å². The number of methoxy groups -OCH3 is 1. The number of nitrogens with one attached hydrogen (secondary N) is 2. The molecule has 2 heterocycles. The fourth-order valence-electron chi connectivity index (χ4n) is 4.17. The maximum Gasteiger partial charge on any atom is 0.264 e. The van der Waals surface area contributed by atoms with Crippen molar-refractivity contribution in [1.29, 1.82) is 0 Å². The molecule has 2 aromatic heterocycles. The Hall–Kier alpha value is -3.56. The van der Waals surface area contributed by atoms with Crippen LogP contribution in [0.1, 0.15) is 25.0 Å². The Balaban J connectivity index is 1.60. The van der Waals surface area contributed by atoms with Crippen LogP contribution in [-0.2, 0) is 10.0 Å². The smallest absolute Gasteiger partial charge is 0.264 e. The van der Waals surface area contributed by atoms with Crippen LogP contribution in [0.15, 0.2) is 47.5 Å². The summed E-state index contributed by atoms with van der Waals surface area (Å²) in [6.07, 6.45) is 4.75. The summed E-state index contributed by atoms with van der Waals surface area (Å²) in [6, 6.07) is 9.21. The van der Waals surface area contributed by atoms with Gasteiger partial charge in [0.15, 0.2) is 0 Å². The molecule has 198 valence electrons. The molecular weight excluding hydrogens is 528 g/mol. The highest BCUT2D eigenvalue weighted by Crippen LogP contribution is 2.38. The molecule has 0 bridgehead atoms. The molecule has 0 radical (unpaired) electrons. The number of benzene rings is 2. The molecule has 4 aromatic rings. The van der Waals surface area contributed by atoms with E-state index >= 15 is 0 Å². The lowest BCUT2D eigenvalue weighted by Gasteiger charge is -2.27. The second kappa shape index (κ2) is 10.3. The van der Waals surface area contributed by atoms with Gasteiger partial charge in [-0.2, -0.15) is 0 Å². The number of aryl methyl sites for hydroxylation is 1. The van der Waals surface area contributed by atoms with Crippen LogP contribution in [0.4, 0.5) is 16.0 Å². The van der Waals surface area contributed by atoms with Crippen molar-refractivity contribution in [1.82, 2.24) is 15.0 Å². The van der Waals surface area contributed by atoms with Gasteiger partial charge in [0.25, 0.3) is 10.0 Å². The molecule has 38 heavy (non-hydrogen) atoms. The van der Waals surface area contributed by atoms with Gasteiger partial charge in [0.2, 0.25) is 11.8 Å². The van der Waals surface area contributed by atoms with Crippen molar-refractivity contribution < 1.29 is 22.3 Å². The molecule has 0 spiro atoms. The summed E-state index contributed by atoms with van der Waals surface area (Å²) in [5.74, 6) is 0.287. The van der Waals surface area contributed by atoms with E-state index in [1.54, 1.807) is 19.3 Å². The quantitative estimate of drug-likeness (QED) is 0.307. The Labute approximate surface area is 222 Å². The van der Waals surface area contributed by atoms with E-state index in [4.69, 9.17) is 9.47 Å². The van der Waals surface area contributed by atoms with E-state index in [1.807, 2.05) is 19.1 Å². The second-order valence-corrected chi connectivity index (χ2v) is 11.3. The molecule has 9 nitrogen and oxygen atoms in total. The minimum atomic E-state index is -4.27. The zero-order chi connectivity index (χ0) is 27.0. The number of aromatic nitrogens is 3. The topological polar surface area (TPSA) is 115 Å². The molecule has 2 N–H and O–H groups in total. The maximum atomic E-state index is 14.5. The summed E-state index contributed by atoms with van der Waals surface area (Å²) >= 11 is 0. The number of ether oxygens (including phenoxy) is 2. The minimum Gasteiger partial charge on any atom is -0.488 e. The van der Waals surface area contributed by atoms with Gasteiger partial charge < -0.3 is 14.8 Å². The number of nitrogens with zero attached hydrogens (tertiary/aromatic N) is 3. The first-order valence-corrected chi connectivity index (χ1v) is 14.0. The van der Waals surface area contributed by atoms with Crippen LogP contribution in [0.3, 0.4) is 0 Å². The van der Waals surface area contributed by atoms with Crippen LogP contribution >= 0.6 is 9.24 Å². The molecule has 0 aliphatic heterocycles. The molecule has 1 unspecified atom stereocenters. The van der Waals surface area contributed by atoms with Gasteiger partial charge in [-0.15, -0.1) is 9.24 Å². The van der Waals surface area contributed by atoms with E-state index in [-0.39, 0.29) is 17.7 Å². The third-order valence-corrected chi connectivity index (χ3v) is 8.15. The highest BCUT2D eigenvalue weighted by molar-refractivity contribution is 7.92. The van der Waals surface area contributed by atoms with Gasteiger partial charge in [0.1, 0.15) is 27.7 Å². The van der Waals surface area contributed by atoms with Gasteiger partial charge >= 0.3 is 0 Å². The normalized spacial score (nSPS) is 13.7. The maximum absolute atomic E-state index is 14.5. The first-order valence-electron chi connectivity index (χ1n) is 12.0. The molecule has 0 saturated heterocycles. The molecule has 1 fully saturated rings. The zero-order valence-corrected chi connectivity index (χ0v) is 23.0. The van der Waals surface area contributed by atoms with Crippen LogP contribution in [-0.4, -0.2) is 43.6 Å². The average molecular weight is 556 g/mol. The highest BCUT2D eigenvalue weighted by Gasteiger charge is 2.24. The predicted octanol–water partition coefficient (Wildman–Crippen LogP) is 4.42. The lowest BCUT2D eigenvalue weighted by molar-refractivity contribution is 0.122. The molecular formula is C26H27FN5O4PS. The lowest BCUT2D eigenvalue weighted by atomic mass is 9.96. The van der Waals surface area contributed by atoms with E-state index in [9.17, 15) is 12.8 Å². The van der Waals surface area contributed by atoms with E-state index in [2.05, 4.69) is 34.2 Å². The zero-order valence-electron chi connectivity index (χ0n) is 21.1. The van der Waals surface area contributed by atoms with Gasteiger partial charge in [-0.25, -0.2) is 27.8 Å². The first kappa shape index (κ1) is 26.1. The molecule has 0 amide bonds. The molecule has 1 aliphatic carbocycles. The molecule has 1 aliphatic rings. The number of hydrogen-bond acceptors (Lipinski definition) is 8. The summed E-state index contributed by atoms with van der Waals surface area (Å²) in [6.45, 7) is 1.89. The standard InChI is InChI=1S/C26H27FN5O4PS/c1-14-19-9-15(11-22(36-17-5-4-6-17)24(19)31-26(28-2)30-14)16-10-21(25(35-3)29-13-16)32-38(33,34)23-8-7-18(37)12-20(23)27/h7-13,17,32H,4-6,37H2,1-3H3,(H,28,30,31). The Morgan fingerprint density at radius 3 is 2.55 bits per heavy atom. The summed E-state index contributed by atoms with van der Waals surface area (Å²) in [5, 5.41) is 4.31. The third-order valence-electron chi connectivity index (χ3n) is 6.39. The average Bonchev–Trinajstić information content (AvgIpc) is 2.85. The van der Waals surface area contributed by atoms with E-state index in [0.717, 1.165) is 42.0 Å². The summed E-state index contributed by atoms with van der Waals surface area (Å²) in [4.78, 5) is 13.0. The molecule has 5 rings (SSSR count). The van der Waals surface area contributed by atoms with Gasteiger partial charge in [-0.05, 0) is 67.4 Å². The fraction of sp³-hybridized carbons (Fsp3) is 0.269. The van der Waals surface area contributed by atoms with Gasteiger partial charge in [0, 0.05) is 24.2 Å². The van der Waals surface area contributed by atoms with Gasteiger partial charge in [0.05, 0.1) is 18.9 Å². The summed E-state index contributed by atoms with van der Waals surface area (Å²) in [7, 11) is 1.20. The van der Waals surface area contributed by atoms with Crippen molar-refractivity contribution in [2.45, 2.75) is 37.2 Å². The molecule has 1 atom stereocenters. The number of fused-ring (bicyclic) bond motifs is 1. The summed E-state index contributed by atoms with van der Waals surface area (Å²) in [5.41, 5.74) is 2.84. The largest absolute Gasteiger partial charge is 0.488 e. The Bertz CT molecular complexity index is 1650. The molecule has 12 heteroatoms. The number of anilines is 2. The van der Waals surface area contributed by atoms with E-state index in [1.165, 1.54) is 19.2 Å². The van der Waals surface area contributed by atoms with Crippen LogP contribution in [0.5, 0.6) is 11.6 Å². The fourth-order valence-corrected chi connectivity index (χ4v) is 5.52. The first-order chi connectivity index (χ1) is 18.2. The van der Waals surface area contributed by atoms with Gasteiger partial charge in [-0.3, -0.25) is 4.72 Å². The molecule has 2 aromatic carbocycles. The van der Waals surface area contributed by atoms with Crippen molar-refractivity contribution in [3.63, 3.8) is 0 Å². The number of rotatable bonds is 8. The van der Waals surface area contributed by atoms with Crippen LogP contribution < -0.4 is 24.8 Å². The Morgan fingerprint density at radius 2 is 1.89 bits per heavy atom. The van der Waals surface area contributed by atoms with E-state index in [0.29, 0.717) is 28.1 Å². The summed E-state index contributed by atoms with van der Waals surface area (Å²) < 4.78 is 54.6. The number of halogens is 1. The van der Waals surface area contributed by atoms with Crippen molar-refractivity contribution in [2.24, 2.45) is 0 Å². The van der Waals surface area contributed by atoms with Crippen LogP contribution in [0.25, 0.3) is 22.0 Å². The lowest BCUT2D eigenvalue weighted by Crippen LogP contribution is -2.24. The number of pyridine rings is 1. The van der Waals surface area contributed by atoms with Crippen LogP contribution in [0.2, 0.25) is 0 Å². The Morgan fingerprint density at radius 1 is 1.11 bits per heavy atom. The number of hydrogen-bond donors (Lipinski definition) is 2. The van der Waals surface area contributed by atoms with Crippen molar-refractivity contribution in [3.8, 4) is 22.8 Å². The Kier molecular flexibility index (Phi) is 7.07. The monoisotopic (exact) mass is 555 g/mol. The predicted molar refractivity (Wildman–Crippen MR) is 148 cm³/mol. The highest BCUT2D eigenvalue weighted by atomic mass is 32.2. The van der Waals surface area contributed by atoms with Crippen molar-refractivity contribution >= 4 is 47.1 Å². The van der Waals surface area contributed by atoms with Gasteiger partial charge in [-0.1, -0.05) is 6.07 Å². The minimum absolute atomic E-state index is 0.0466. The SMILES string of the molecule is CNc1nc(C)c2cc(-c3cnc(OC)c(NS(=O)(=O)c4ccc(P)cc4F)c3)cc(OC3CCC3)c2n1. The third kappa shape index (κ3) is 5.08. The molecule has 1 saturated carbocycles. The second-order valence-electron chi connectivity index (χ2n) is 9.00. The number of sulfonamides is 1. The van der Waals surface area contributed by atoms with Crippen molar-refractivity contribution in [2.75, 3.05) is 24.2 Å². The van der Waals surface area contributed by atoms with Crippen molar-refractivity contribution in [3.05, 3.63) is 54.1 Å².